The summed E-state index contributed by atoms with van der Waals surface area (Å²) in [5.41, 5.74) is 20.1. The fraction of sp³-hybridized carbons (Fsp3) is 0.250. The van der Waals surface area contributed by atoms with Crippen molar-refractivity contribution in [3.63, 3.8) is 0 Å². The Balaban J connectivity index is 1.37. The van der Waals surface area contributed by atoms with Gasteiger partial charge < -0.3 is 9.80 Å². The molecule has 300 valence electrons. The second-order valence-corrected chi connectivity index (χ2v) is 20.3. The predicted octanol–water partition coefficient (Wildman–Crippen LogP) is 13.8. The van der Waals surface area contributed by atoms with Gasteiger partial charge in [0.15, 0.2) is 0 Å². The molecule has 9 rings (SSSR count). The maximum absolute atomic E-state index is 16.8. The first-order valence-corrected chi connectivity index (χ1v) is 21.5. The van der Waals surface area contributed by atoms with E-state index in [9.17, 15) is 0 Å². The van der Waals surface area contributed by atoms with Crippen LogP contribution in [0.25, 0.3) is 22.3 Å². The molecule has 4 heteroatoms. The topological polar surface area (TPSA) is 6.48 Å². The van der Waals surface area contributed by atoms with Gasteiger partial charge in [0.2, 0.25) is 0 Å². The van der Waals surface area contributed by atoms with E-state index in [2.05, 4.69) is 213 Å². The molecule has 2 heterocycles. The summed E-state index contributed by atoms with van der Waals surface area (Å²) in [4.78, 5) is 4.65. The van der Waals surface area contributed by atoms with Gasteiger partial charge in [-0.2, -0.15) is 0 Å². The Hall–Kier alpha value is -5.87. The zero-order valence-corrected chi connectivity index (χ0v) is 37.1. The van der Waals surface area contributed by atoms with Crippen molar-refractivity contribution >= 4 is 57.2 Å². The number of benzene rings is 7. The van der Waals surface area contributed by atoms with Crippen LogP contribution in [-0.2, 0) is 16.2 Å². The van der Waals surface area contributed by atoms with Crippen LogP contribution in [0, 0.1) is 19.7 Å². The van der Waals surface area contributed by atoms with E-state index in [1.807, 2.05) is 0 Å². The molecule has 60 heavy (non-hydrogen) atoms. The van der Waals surface area contributed by atoms with Crippen molar-refractivity contribution in [2.45, 2.75) is 92.4 Å². The largest absolute Gasteiger partial charge is 0.311 e. The molecule has 2 aliphatic heterocycles. The molecule has 0 aromatic heterocycles. The zero-order valence-electron chi connectivity index (χ0n) is 37.1. The van der Waals surface area contributed by atoms with Crippen LogP contribution in [0.1, 0.15) is 90.1 Å². The molecule has 0 saturated carbocycles. The molecule has 0 unspecified atom stereocenters. The summed E-state index contributed by atoms with van der Waals surface area (Å²) < 4.78 is 16.8. The predicted molar refractivity (Wildman–Crippen MR) is 257 cm³/mol. The van der Waals surface area contributed by atoms with Crippen LogP contribution in [0.3, 0.4) is 0 Å². The fourth-order valence-corrected chi connectivity index (χ4v) is 9.14. The van der Waals surface area contributed by atoms with Gasteiger partial charge in [-0.1, -0.05) is 158 Å². The van der Waals surface area contributed by atoms with Crippen molar-refractivity contribution in [1.29, 1.82) is 0 Å². The van der Waals surface area contributed by atoms with Crippen molar-refractivity contribution in [3.05, 3.63) is 173 Å². The molecule has 0 atom stereocenters. The minimum atomic E-state index is -0.262. The third kappa shape index (κ3) is 6.94. The van der Waals surface area contributed by atoms with Gasteiger partial charge in [-0.3, -0.25) is 0 Å². The standard InChI is InChI=1S/C56H56BFN2/c1-35-12-16-37(17-13-35)39-28-40(38-18-14-36(2)15-19-38)30-46(29-39)60-50-27-23-43(56(9,10)11)32-48(50)57-47-31-42(55(6,7)8)22-26-49(47)59(51-33-44(58)34-52(60)53(51)57)45-24-20-41(21-25-45)54(3,4)5/h12-34H,1-11H3. The molecule has 0 amide bonds. The summed E-state index contributed by atoms with van der Waals surface area (Å²) in [6, 6.07) is 50.8. The number of hydrogen-bond acceptors (Lipinski definition) is 2. The number of hydrogen-bond donors (Lipinski definition) is 0. The van der Waals surface area contributed by atoms with Crippen molar-refractivity contribution < 1.29 is 4.39 Å². The number of halogens is 1. The highest BCUT2D eigenvalue weighted by atomic mass is 19.1. The van der Waals surface area contributed by atoms with Gasteiger partial charge in [0.25, 0.3) is 6.71 Å². The summed E-state index contributed by atoms with van der Waals surface area (Å²) in [5.74, 6) is -0.262. The normalized spacial score (nSPS) is 13.6. The number of aryl methyl sites for hydroxylation is 2. The highest BCUT2D eigenvalue weighted by Crippen LogP contribution is 2.47. The van der Waals surface area contributed by atoms with E-state index in [4.69, 9.17) is 0 Å². The molecule has 0 bridgehead atoms. The third-order valence-electron chi connectivity index (χ3n) is 12.7. The monoisotopic (exact) mass is 786 g/mol. The third-order valence-corrected chi connectivity index (χ3v) is 12.7. The van der Waals surface area contributed by atoms with Crippen LogP contribution in [0.2, 0.25) is 0 Å². The Morgan fingerprint density at radius 3 is 1.20 bits per heavy atom. The van der Waals surface area contributed by atoms with E-state index >= 15 is 4.39 Å². The molecule has 0 radical (unpaired) electrons. The molecule has 0 saturated heterocycles. The van der Waals surface area contributed by atoms with Crippen LogP contribution in [0.5, 0.6) is 0 Å². The first-order chi connectivity index (χ1) is 28.3. The molecule has 0 fully saturated rings. The Bertz CT molecular complexity index is 2710. The van der Waals surface area contributed by atoms with E-state index < -0.39 is 0 Å². The lowest BCUT2D eigenvalue weighted by Gasteiger charge is -2.45. The molecular weight excluding hydrogens is 730 g/mol. The van der Waals surface area contributed by atoms with Gasteiger partial charge in [0.1, 0.15) is 5.82 Å². The Morgan fingerprint density at radius 1 is 0.383 bits per heavy atom. The zero-order chi connectivity index (χ0) is 42.5. The summed E-state index contributed by atoms with van der Waals surface area (Å²) in [6.07, 6.45) is 0. The van der Waals surface area contributed by atoms with E-state index in [0.717, 1.165) is 61.8 Å². The van der Waals surface area contributed by atoms with Crippen molar-refractivity contribution in [1.82, 2.24) is 0 Å². The lowest BCUT2D eigenvalue weighted by molar-refractivity contribution is 0.590. The van der Waals surface area contributed by atoms with Crippen LogP contribution in [0.15, 0.2) is 140 Å². The SMILES string of the molecule is Cc1ccc(-c2cc(-c3ccc(C)cc3)cc(N3c4ccc(C(C)(C)C)cc4B4c5cc(C(C)(C)C)ccc5N(c5ccc(C(C)(C)C)cc5)c5cc(F)cc3c54)c2)cc1. The quantitative estimate of drug-likeness (QED) is 0.164. The molecule has 2 nitrogen and oxygen atoms in total. The minimum absolute atomic E-state index is 0.00256. The average molecular weight is 787 g/mol. The summed E-state index contributed by atoms with van der Waals surface area (Å²) in [7, 11) is 0. The van der Waals surface area contributed by atoms with Gasteiger partial charge in [0, 0.05) is 34.1 Å². The van der Waals surface area contributed by atoms with Gasteiger partial charge in [0.05, 0.1) is 0 Å². The lowest BCUT2D eigenvalue weighted by Crippen LogP contribution is -2.61. The van der Waals surface area contributed by atoms with Crippen molar-refractivity contribution in [2.24, 2.45) is 0 Å². The average Bonchev–Trinajstić information content (AvgIpc) is 3.19. The first kappa shape index (κ1) is 39.6. The highest BCUT2D eigenvalue weighted by Gasteiger charge is 2.44. The van der Waals surface area contributed by atoms with Gasteiger partial charge in [-0.05, 0) is 140 Å². The van der Waals surface area contributed by atoms with Crippen LogP contribution in [0.4, 0.5) is 38.5 Å². The molecule has 7 aromatic carbocycles. The lowest BCUT2D eigenvalue weighted by atomic mass is 9.33. The molecule has 2 aliphatic rings. The molecule has 0 aliphatic carbocycles. The molecule has 0 N–H and O–H groups in total. The van der Waals surface area contributed by atoms with Gasteiger partial charge in [-0.15, -0.1) is 0 Å². The number of rotatable bonds is 4. The minimum Gasteiger partial charge on any atom is -0.311 e. The summed E-state index contributed by atoms with van der Waals surface area (Å²) in [6.45, 7) is 24.6. The molecule has 7 aromatic rings. The van der Waals surface area contributed by atoms with Crippen molar-refractivity contribution in [2.75, 3.05) is 9.80 Å². The maximum Gasteiger partial charge on any atom is 0.252 e. The summed E-state index contributed by atoms with van der Waals surface area (Å²) >= 11 is 0. The van der Waals surface area contributed by atoms with Crippen LogP contribution < -0.4 is 26.2 Å². The van der Waals surface area contributed by atoms with E-state index in [1.54, 1.807) is 12.1 Å². The number of nitrogens with zero attached hydrogens (tertiary/aromatic N) is 2. The second-order valence-electron chi connectivity index (χ2n) is 20.3. The maximum atomic E-state index is 16.8. The second kappa shape index (κ2) is 14.1. The molecular formula is C56H56BFN2. The Labute approximate surface area is 357 Å². The van der Waals surface area contributed by atoms with Crippen LogP contribution >= 0.6 is 0 Å². The van der Waals surface area contributed by atoms with Crippen LogP contribution in [-0.4, -0.2) is 6.71 Å². The fourth-order valence-electron chi connectivity index (χ4n) is 9.14. The van der Waals surface area contributed by atoms with Gasteiger partial charge >= 0.3 is 0 Å². The number of fused-ring (bicyclic) bond motifs is 4. The van der Waals surface area contributed by atoms with E-state index in [1.165, 1.54) is 38.7 Å². The van der Waals surface area contributed by atoms with Gasteiger partial charge in [-0.25, -0.2) is 4.39 Å². The smallest absolute Gasteiger partial charge is 0.252 e. The summed E-state index contributed by atoms with van der Waals surface area (Å²) in [5, 5.41) is 0. The van der Waals surface area contributed by atoms with Crippen molar-refractivity contribution in [3.8, 4) is 22.3 Å². The highest BCUT2D eigenvalue weighted by molar-refractivity contribution is 7.00. The van der Waals surface area contributed by atoms with E-state index in [-0.39, 0.29) is 28.8 Å². The Kier molecular flexibility index (Phi) is 9.32. The molecule has 0 spiro atoms. The number of anilines is 6. The van der Waals surface area contributed by atoms with E-state index in [0.29, 0.717) is 0 Å². The Morgan fingerprint density at radius 2 is 0.783 bits per heavy atom. The first-order valence-electron chi connectivity index (χ1n) is 21.5.